The highest BCUT2D eigenvalue weighted by Gasteiger charge is 2.22. The average Bonchev–Trinajstić information content (AvgIpc) is 3.26. The van der Waals surface area contributed by atoms with Gasteiger partial charge in [-0.05, 0) is 44.0 Å². The molecule has 1 unspecified atom stereocenters. The molecule has 0 aliphatic heterocycles. The van der Waals surface area contributed by atoms with Crippen LogP contribution < -0.4 is 14.8 Å². The van der Waals surface area contributed by atoms with Crippen molar-refractivity contribution in [3.05, 3.63) is 36.5 Å². The molecule has 1 aromatic heterocycles. The lowest BCUT2D eigenvalue weighted by atomic mass is 10.2. The summed E-state index contributed by atoms with van der Waals surface area (Å²) in [7, 11) is 1.61. The fraction of sp³-hybridized carbons (Fsp3) is 0.444. The van der Waals surface area contributed by atoms with Gasteiger partial charge in [-0.2, -0.15) is 5.10 Å². The minimum absolute atomic E-state index is 0.189. The van der Waals surface area contributed by atoms with Crippen LogP contribution in [0.25, 0.3) is 0 Å². The van der Waals surface area contributed by atoms with Crippen molar-refractivity contribution in [1.29, 1.82) is 0 Å². The Kier molecular flexibility index (Phi) is 5.03. The van der Waals surface area contributed by atoms with Crippen LogP contribution in [0, 0.1) is 0 Å². The molecule has 1 amide bonds. The Labute approximate surface area is 141 Å². The number of carbonyl (C=O) groups excluding carboxylic acids is 1. The molecule has 128 valence electrons. The standard InChI is InChI=1S/C18H23N3O3/c1-13(24-16-9-7-15(23-2)8-10-16)18(22)20-17-11-12-19-21(17)14-5-3-4-6-14/h7-14H,3-6H2,1-2H3,(H,20,22). The van der Waals surface area contributed by atoms with Gasteiger partial charge in [0.2, 0.25) is 0 Å². The number of ether oxygens (including phenoxy) is 2. The maximum atomic E-state index is 12.4. The molecule has 1 fully saturated rings. The quantitative estimate of drug-likeness (QED) is 0.882. The third-order valence-electron chi connectivity index (χ3n) is 4.33. The normalized spacial score (nSPS) is 15.9. The van der Waals surface area contributed by atoms with Crippen molar-refractivity contribution in [3.63, 3.8) is 0 Å². The minimum atomic E-state index is -0.606. The third kappa shape index (κ3) is 3.69. The fourth-order valence-corrected chi connectivity index (χ4v) is 2.99. The van der Waals surface area contributed by atoms with Crippen LogP contribution >= 0.6 is 0 Å². The first-order valence-electron chi connectivity index (χ1n) is 8.32. The van der Waals surface area contributed by atoms with Crippen LogP contribution in [0.5, 0.6) is 11.5 Å². The Hall–Kier alpha value is -2.50. The number of benzene rings is 1. The minimum Gasteiger partial charge on any atom is -0.497 e. The van der Waals surface area contributed by atoms with Gasteiger partial charge < -0.3 is 14.8 Å². The molecule has 1 aliphatic carbocycles. The molecule has 1 heterocycles. The van der Waals surface area contributed by atoms with Crippen molar-refractivity contribution in [2.45, 2.75) is 44.8 Å². The number of carbonyl (C=O) groups is 1. The molecule has 6 heteroatoms. The zero-order chi connectivity index (χ0) is 16.9. The number of hydrogen-bond acceptors (Lipinski definition) is 4. The number of methoxy groups -OCH3 is 1. The number of aromatic nitrogens is 2. The molecule has 0 saturated heterocycles. The van der Waals surface area contributed by atoms with Gasteiger partial charge in [-0.25, -0.2) is 4.68 Å². The molecule has 1 atom stereocenters. The topological polar surface area (TPSA) is 65.4 Å². The highest BCUT2D eigenvalue weighted by molar-refractivity contribution is 5.93. The van der Waals surface area contributed by atoms with Crippen LogP contribution in [-0.4, -0.2) is 28.9 Å². The van der Waals surface area contributed by atoms with E-state index < -0.39 is 6.10 Å². The average molecular weight is 329 g/mol. The van der Waals surface area contributed by atoms with Gasteiger partial charge in [-0.1, -0.05) is 12.8 Å². The van der Waals surface area contributed by atoms with Crippen molar-refractivity contribution in [3.8, 4) is 11.5 Å². The van der Waals surface area contributed by atoms with Crippen molar-refractivity contribution in [1.82, 2.24) is 9.78 Å². The summed E-state index contributed by atoms with van der Waals surface area (Å²) < 4.78 is 12.7. The smallest absolute Gasteiger partial charge is 0.266 e. The Morgan fingerprint density at radius 2 is 1.88 bits per heavy atom. The highest BCUT2D eigenvalue weighted by atomic mass is 16.5. The van der Waals surface area contributed by atoms with E-state index in [0.717, 1.165) is 24.4 Å². The largest absolute Gasteiger partial charge is 0.497 e. The first-order valence-corrected chi connectivity index (χ1v) is 8.32. The van der Waals surface area contributed by atoms with Gasteiger partial charge in [-0.3, -0.25) is 4.79 Å². The molecule has 3 rings (SSSR count). The summed E-state index contributed by atoms with van der Waals surface area (Å²) in [5.74, 6) is 1.92. The van der Waals surface area contributed by atoms with E-state index in [2.05, 4.69) is 10.4 Å². The van der Waals surface area contributed by atoms with Gasteiger partial charge in [0.25, 0.3) is 5.91 Å². The van der Waals surface area contributed by atoms with Gasteiger partial charge in [-0.15, -0.1) is 0 Å². The first-order chi connectivity index (χ1) is 11.7. The molecule has 24 heavy (non-hydrogen) atoms. The third-order valence-corrected chi connectivity index (χ3v) is 4.33. The second-order valence-corrected chi connectivity index (χ2v) is 6.02. The predicted molar refractivity (Wildman–Crippen MR) is 91.4 cm³/mol. The fourth-order valence-electron chi connectivity index (χ4n) is 2.99. The zero-order valence-corrected chi connectivity index (χ0v) is 14.1. The Balaban J connectivity index is 1.60. The summed E-state index contributed by atoms with van der Waals surface area (Å²) in [5, 5.41) is 7.28. The Bertz CT molecular complexity index is 675. The van der Waals surface area contributed by atoms with E-state index in [4.69, 9.17) is 9.47 Å². The summed E-state index contributed by atoms with van der Waals surface area (Å²) in [4.78, 5) is 12.4. The van der Waals surface area contributed by atoms with Gasteiger partial charge in [0.05, 0.1) is 19.3 Å². The SMILES string of the molecule is COc1ccc(OC(C)C(=O)Nc2ccnn2C2CCCC2)cc1. The molecular formula is C18H23N3O3. The molecule has 1 aromatic carbocycles. The number of anilines is 1. The van der Waals surface area contributed by atoms with E-state index in [0.29, 0.717) is 11.8 Å². The maximum absolute atomic E-state index is 12.4. The van der Waals surface area contributed by atoms with Crippen molar-refractivity contribution >= 4 is 11.7 Å². The summed E-state index contributed by atoms with van der Waals surface area (Å²) in [6.45, 7) is 1.73. The van der Waals surface area contributed by atoms with E-state index in [1.807, 2.05) is 10.7 Å². The number of rotatable bonds is 6. The lowest BCUT2D eigenvalue weighted by Crippen LogP contribution is -2.31. The summed E-state index contributed by atoms with van der Waals surface area (Å²) in [5.41, 5.74) is 0. The highest BCUT2D eigenvalue weighted by Crippen LogP contribution is 2.31. The van der Waals surface area contributed by atoms with Crippen LogP contribution in [0.4, 0.5) is 5.82 Å². The van der Waals surface area contributed by atoms with E-state index in [1.54, 1.807) is 44.5 Å². The summed E-state index contributed by atoms with van der Waals surface area (Å²) >= 11 is 0. The van der Waals surface area contributed by atoms with E-state index >= 15 is 0 Å². The van der Waals surface area contributed by atoms with Crippen molar-refractivity contribution in [2.24, 2.45) is 0 Å². The molecule has 0 bridgehead atoms. The van der Waals surface area contributed by atoms with Crippen LogP contribution in [0.2, 0.25) is 0 Å². The molecule has 1 N–H and O–H groups in total. The van der Waals surface area contributed by atoms with Crippen LogP contribution in [0.3, 0.4) is 0 Å². The van der Waals surface area contributed by atoms with Crippen LogP contribution in [-0.2, 0) is 4.79 Å². The van der Waals surface area contributed by atoms with Gasteiger partial charge in [0.1, 0.15) is 17.3 Å². The molecule has 6 nitrogen and oxygen atoms in total. The number of hydrogen-bond donors (Lipinski definition) is 1. The molecule has 2 aromatic rings. The molecule has 1 saturated carbocycles. The number of nitrogens with zero attached hydrogens (tertiary/aromatic N) is 2. The molecule has 0 spiro atoms. The summed E-state index contributed by atoms with van der Waals surface area (Å²) in [6.07, 6.45) is 5.78. The van der Waals surface area contributed by atoms with E-state index in [9.17, 15) is 4.79 Å². The maximum Gasteiger partial charge on any atom is 0.266 e. The molecular weight excluding hydrogens is 306 g/mol. The van der Waals surface area contributed by atoms with Gasteiger partial charge >= 0.3 is 0 Å². The van der Waals surface area contributed by atoms with Gasteiger partial charge in [0.15, 0.2) is 6.10 Å². The molecule has 0 radical (unpaired) electrons. The van der Waals surface area contributed by atoms with Crippen LogP contribution in [0.15, 0.2) is 36.5 Å². The van der Waals surface area contributed by atoms with Crippen molar-refractivity contribution < 1.29 is 14.3 Å². The lowest BCUT2D eigenvalue weighted by molar-refractivity contribution is -0.122. The Morgan fingerprint density at radius 1 is 1.21 bits per heavy atom. The second kappa shape index (κ2) is 7.38. The predicted octanol–water partition coefficient (Wildman–Crippen LogP) is 3.41. The summed E-state index contributed by atoms with van der Waals surface area (Å²) in [6, 6.07) is 9.38. The lowest BCUT2D eigenvalue weighted by Gasteiger charge is -2.18. The Morgan fingerprint density at radius 3 is 2.54 bits per heavy atom. The van der Waals surface area contributed by atoms with Crippen LogP contribution in [0.1, 0.15) is 38.6 Å². The van der Waals surface area contributed by atoms with Crippen molar-refractivity contribution in [2.75, 3.05) is 12.4 Å². The van der Waals surface area contributed by atoms with Gasteiger partial charge in [0, 0.05) is 6.07 Å². The second-order valence-electron chi connectivity index (χ2n) is 6.02. The van der Waals surface area contributed by atoms with E-state index in [1.165, 1.54) is 12.8 Å². The monoisotopic (exact) mass is 329 g/mol. The number of nitrogens with one attached hydrogen (secondary N) is 1. The zero-order valence-electron chi connectivity index (χ0n) is 14.1. The number of amides is 1. The molecule has 1 aliphatic rings. The van der Waals surface area contributed by atoms with E-state index in [-0.39, 0.29) is 5.91 Å². The first kappa shape index (κ1) is 16.4.